The topological polar surface area (TPSA) is 98.1 Å². The van der Waals surface area contributed by atoms with Gasteiger partial charge in [0.1, 0.15) is 5.75 Å². The van der Waals surface area contributed by atoms with Crippen LogP contribution in [0.2, 0.25) is 0 Å². The third-order valence-corrected chi connectivity index (χ3v) is 6.15. The number of hydrogen-bond acceptors (Lipinski definition) is 6. The Kier molecular flexibility index (Phi) is 7.13. The molecule has 1 atom stereocenters. The van der Waals surface area contributed by atoms with Crippen LogP contribution in [0.25, 0.3) is 11.4 Å². The van der Waals surface area contributed by atoms with Gasteiger partial charge in [-0.3, -0.25) is 10.1 Å². The molecule has 3 amide bonds. The average molecular weight is 418 g/mol. The zero-order chi connectivity index (χ0) is 20.8. The van der Waals surface area contributed by atoms with Gasteiger partial charge in [-0.05, 0) is 31.9 Å². The summed E-state index contributed by atoms with van der Waals surface area (Å²) in [5.41, 5.74) is 0.820. The number of nitrogens with one attached hydrogen (secondary N) is 2. The molecule has 1 heterocycles. The van der Waals surface area contributed by atoms with E-state index in [9.17, 15) is 9.59 Å². The van der Waals surface area contributed by atoms with Crippen molar-refractivity contribution < 1.29 is 14.3 Å². The van der Waals surface area contributed by atoms with Crippen LogP contribution >= 0.6 is 11.8 Å². The summed E-state index contributed by atoms with van der Waals surface area (Å²) in [6.45, 7) is 1.74. The molecule has 3 rings (SSSR count). The first-order valence-electron chi connectivity index (χ1n) is 9.80. The molecule has 0 unspecified atom stereocenters. The molecule has 1 fully saturated rings. The van der Waals surface area contributed by atoms with Gasteiger partial charge < -0.3 is 14.6 Å². The van der Waals surface area contributed by atoms with E-state index in [4.69, 9.17) is 4.74 Å². The minimum absolute atomic E-state index is 0.154. The number of amides is 3. The van der Waals surface area contributed by atoms with E-state index in [2.05, 4.69) is 20.8 Å². The van der Waals surface area contributed by atoms with E-state index in [1.54, 1.807) is 14.0 Å². The second kappa shape index (κ2) is 9.78. The van der Waals surface area contributed by atoms with Crippen LogP contribution in [-0.4, -0.2) is 45.1 Å². The zero-order valence-electron chi connectivity index (χ0n) is 17.0. The number of carbonyl (C=O) groups is 2. The van der Waals surface area contributed by atoms with E-state index in [1.807, 2.05) is 35.9 Å². The summed E-state index contributed by atoms with van der Waals surface area (Å²) in [5, 5.41) is 13.9. The number of benzene rings is 1. The fraction of sp³-hybridized carbons (Fsp3) is 0.500. The smallest absolute Gasteiger partial charge is 0.321 e. The molecule has 0 bridgehead atoms. The standard InChI is InChI=1S/C20H27N5O3S/c1-13(18(26)22-19(27)21-14-9-5-4-6-10-14)29-20-24-23-17(25(20)2)15-11-7-8-12-16(15)28-3/h7-8,11-14H,4-6,9-10H2,1-3H3,(H2,21,22,26,27)/t13-/m1/s1. The zero-order valence-corrected chi connectivity index (χ0v) is 17.8. The van der Waals surface area contributed by atoms with Crippen molar-refractivity contribution >= 4 is 23.7 Å². The van der Waals surface area contributed by atoms with Gasteiger partial charge in [0.25, 0.3) is 0 Å². The number of rotatable bonds is 6. The molecule has 2 aromatic rings. The molecule has 0 aliphatic heterocycles. The quantitative estimate of drug-likeness (QED) is 0.701. The summed E-state index contributed by atoms with van der Waals surface area (Å²) in [5.74, 6) is 0.988. The van der Waals surface area contributed by atoms with Crippen molar-refractivity contribution in [2.75, 3.05) is 7.11 Å². The highest BCUT2D eigenvalue weighted by molar-refractivity contribution is 8.00. The number of urea groups is 1. The Bertz CT molecular complexity index is 864. The van der Waals surface area contributed by atoms with Gasteiger partial charge in [-0.25, -0.2) is 4.79 Å². The minimum Gasteiger partial charge on any atom is -0.496 e. The second-order valence-electron chi connectivity index (χ2n) is 7.12. The lowest BCUT2D eigenvalue weighted by Crippen LogP contribution is -2.47. The lowest BCUT2D eigenvalue weighted by atomic mass is 9.96. The van der Waals surface area contributed by atoms with Gasteiger partial charge in [0, 0.05) is 13.1 Å². The van der Waals surface area contributed by atoms with Crippen LogP contribution in [0.4, 0.5) is 4.79 Å². The van der Waals surface area contributed by atoms with E-state index in [1.165, 1.54) is 18.2 Å². The lowest BCUT2D eigenvalue weighted by molar-refractivity contribution is -0.119. The molecule has 0 radical (unpaired) electrons. The van der Waals surface area contributed by atoms with E-state index >= 15 is 0 Å². The number of ether oxygens (including phenoxy) is 1. The molecular weight excluding hydrogens is 390 g/mol. The Hall–Kier alpha value is -2.55. The van der Waals surface area contributed by atoms with Crippen molar-refractivity contribution in [2.24, 2.45) is 7.05 Å². The van der Waals surface area contributed by atoms with Gasteiger partial charge in [-0.2, -0.15) is 0 Å². The maximum absolute atomic E-state index is 12.4. The number of nitrogens with zero attached hydrogens (tertiary/aromatic N) is 3. The summed E-state index contributed by atoms with van der Waals surface area (Å²) in [7, 11) is 3.44. The predicted octanol–water partition coefficient (Wildman–Crippen LogP) is 3.13. The SMILES string of the molecule is COc1ccccc1-c1nnc(S[C@H](C)C(=O)NC(=O)NC2CCCCC2)n1C. The fourth-order valence-corrected chi connectivity index (χ4v) is 4.19. The van der Waals surface area contributed by atoms with Crippen molar-refractivity contribution in [3.63, 3.8) is 0 Å². The van der Waals surface area contributed by atoms with Crippen LogP contribution in [0, 0.1) is 0 Å². The molecule has 29 heavy (non-hydrogen) atoms. The molecule has 8 nitrogen and oxygen atoms in total. The number of para-hydroxylation sites is 1. The third-order valence-electron chi connectivity index (χ3n) is 5.01. The summed E-state index contributed by atoms with van der Waals surface area (Å²) in [6.07, 6.45) is 5.38. The first-order valence-corrected chi connectivity index (χ1v) is 10.7. The fourth-order valence-electron chi connectivity index (χ4n) is 3.38. The molecule has 1 aliphatic rings. The highest BCUT2D eigenvalue weighted by Gasteiger charge is 2.23. The van der Waals surface area contributed by atoms with Gasteiger partial charge in [0.15, 0.2) is 11.0 Å². The molecule has 1 aromatic heterocycles. The van der Waals surface area contributed by atoms with Gasteiger partial charge in [0.2, 0.25) is 5.91 Å². The maximum atomic E-state index is 12.4. The average Bonchev–Trinajstić information content (AvgIpc) is 3.08. The molecule has 2 N–H and O–H groups in total. The Morgan fingerprint density at radius 2 is 1.93 bits per heavy atom. The van der Waals surface area contributed by atoms with Crippen LogP contribution in [-0.2, 0) is 11.8 Å². The number of methoxy groups -OCH3 is 1. The number of aromatic nitrogens is 3. The molecule has 1 saturated carbocycles. The van der Waals surface area contributed by atoms with Crippen molar-refractivity contribution in [1.82, 2.24) is 25.4 Å². The van der Waals surface area contributed by atoms with E-state index in [0.717, 1.165) is 31.2 Å². The third kappa shape index (κ3) is 5.29. The second-order valence-corrected chi connectivity index (χ2v) is 8.43. The molecule has 0 spiro atoms. The Labute approximate surface area is 174 Å². The first kappa shape index (κ1) is 21.2. The number of thioether (sulfide) groups is 1. The van der Waals surface area contributed by atoms with Crippen molar-refractivity contribution in [3.05, 3.63) is 24.3 Å². The predicted molar refractivity (Wildman–Crippen MR) is 112 cm³/mol. The molecule has 0 saturated heterocycles. The van der Waals surface area contributed by atoms with Crippen LogP contribution in [0.15, 0.2) is 29.4 Å². The van der Waals surface area contributed by atoms with Gasteiger partial charge in [-0.1, -0.05) is 43.2 Å². The van der Waals surface area contributed by atoms with Crippen LogP contribution in [0.1, 0.15) is 39.0 Å². The van der Waals surface area contributed by atoms with Crippen LogP contribution in [0.3, 0.4) is 0 Å². The van der Waals surface area contributed by atoms with E-state index in [-0.39, 0.29) is 11.9 Å². The Morgan fingerprint density at radius 1 is 1.21 bits per heavy atom. The summed E-state index contributed by atoms with van der Waals surface area (Å²) >= 11 is 1.25. The molecular formula is C20H27N5O3S. The molecule has 9 heteroatoms. The van der Waals surface area contributed by atoms with Gasteiger partial charge in [-0.15, -0.1) is 10.2 Å². The van der Waals surface area contributed by atoms with Crippen molar-refractivity contribution in [2.45, 2.75) is 55.5 Å². The summed E-state index contributed by atoms with van der Waals surface area (Å²) in [4.78, 5) is 24.5. The highest BCUT2D eigenvalue weighted by atomic mass is 32.2. The molecule has 1 aliphatic carbocycles. The Morgan fingerprint density at radius 3 is 2.66 bits per heavy atom. The van der Waals surface area contributed by atoms with Gasteiger partial charge in [0.05, 0.1) is 17.9 Å². The first-order chi connectivity index (χ1) is 14.0. The number of imide groups is 1. The minimum atomic E-state index is -0.500. The highest BCUT2D eigenvalue weighted by Crippen LogP contribution is 2.31. The summed E-state index contributed by atoms with van der Waals surface area (Å²) in [6, 6.07) is 7.28. The largest absolute Gasteiger partial charge is 0.496 e. The van der Waals surface area contributed by atoms with Crippen molar-refractivity contribution in [1.29, 1.82) is 0 Å². The van der Waals surface area contributed by atoms with Gasteiger partial charge >= 0.3 is 6.03 Å². The van der Waals surface area contributed by atoms with Crippen LogP contribution < -0.4 is 15.4 Å². The number of carbonyl (C=O) groups excluding carboxylic acids is 2. The van der Waals surface area contributed by atoms with Crippen molar-refractivity contribution in [3.8, 4) is 17.1 Å². The number of hydrogen-bond donors (Lipinski definition) is 2. The van der Waals surface area contributed by atoms with Crippen LogP contribution in [0.5, 0.6) is 5.75 Å². The monoisotopic (exact) mass is 417 g/mol. The lowest BCUT2D eigenvalue weighted by Gasteiger charge is -2.23. The summed E-state index contributed by atoms with van der Waals surface area (Å²) < 4.78 is 7.21. The van der Waals surface area contributed by atoms with E-state index in [0.29, 0.717) is 16.7 Å². The maximum Gasteiger partial charge on any atom is 0.321 e. The molecule has 1 aromatic carbocycles. The Balaban J connectivity index is 1.60. The molecule has 156 valence electrons. The van der Waals surface area contributed by atoms with E-state index < -0.39 is 11.3 Å². The normalized spacial score (nSPS) is 15.6.